The average Bonchev–Trinajstić information content (AvgIpc) is 2.91. The number of carbonyl (C=O) groups excluding carboxylic acids is 1. The summed E-state index contributed by atoms with van der Waals surface area (Å²) in [6.07, 6.45) is 0.663. The maximum absolute atomic E-state index is 11.4. The van der Waals surface area contributed by atoms with Crippen LogP contribution in [0.4, 0.5) is 4.79 Å². The molecular formula is C13H18N2O3. The third-order valence-corrected chi connectivity index (χ3v) is 2.67. The van der Waals surface area contributed by atoms with Crippen LogP contribution in [0.1, 0.15) is 12.0 Å². The first-order chi connectivity index (χ1) is 8.84. The summed E-state index contributed by atoms with van der Waals surface area (Å²) in [6.45, 7) is 3.24. The summed E-state index contributed by atoms with van der Waals surface area (Å²) in [5.74, 6) is 0. The Morgan fingerprint density at radius 1 is 1.39 bits per heavy atom. The molecule has 18 heavy (non-hydrogen) atoms. The molecule has 0 unspecified atom stereocenters. The van der Waals surface area contributed by atoms with Crippen LogP contribution in [0.5, 0.6) is 0 Å². The molecule has 98 valence electrons. The van der Waals surface area contributed by atoms with E-state index in [9.17, 15) is 4.79 Å². The van der Waals surface area contributed by atoms with Crippen LogP contribution in [0.3, 0.4) is 0 Å². The summed E-state index contributed by atoms with van der Waals surface area (Å²) in [4.78, 5) is 16.7. The summed E-state index contributed by atoms with van der Waals surface area (Å²) in [5, 5.41) is 4.56. The summed E-state index contributed by atoms with van der Waals surface area (Å²) in [5.41, 5.74) is 0.982. The fourth-order valence-corrected chi connectivity index (χ4v) is 1.73. The van der Waals surface area contributed by atoms with Gasteiger partial charge in [0.25, 0.3) is 0 Å². The van der Waals surface area contributed by atoms with Gasteiger partial charge in [-0.2, -0.15) is 5.06 Å². The van der Waals surface area contributed by atoms with Crippen molar-refractivity contribution in [3.8, 4) is 0 Å². The summed E-state index contributed by atoms with van der Waals surface area (Å²) in [7, 11) is 0. The molecule has 0 aromatic heterocycles. The number of benzene rings is 1. The normalized spacial score (nSPS) is 15.6. The van der Waals surface area contributed by atoms with E-state index in [0.29, 0.717) is 19.7 Å². The maximum Gasteiger partial charge on any atom is 0.407 e. The number of hydroxylamine groups is 2. The molecule has 0 bridgehead atoms. The molecule has 0 spiro atoms. The lowest BCUT2D eigenvalue weighted by Gasteiger charge is -2.13. The summed E-state index contributed by atoms with van der Waals surface area (Å²) < 4.78 is 5.08. The van der Waals surface area contributed by atoms with Crippen LogP contribution in [-0.4, -0.2) is 37.4 Å². The second-order valence-corrected chi connectivity index (χ2v) is 4.10. The third kappa shape index (κ3) is 4.35. The van der Waals surface area contributed by atoms with Crippen molar-refractivity contribution in [2.45, 2.75) is 13.0 Å². The van der Waals surface area contributed by atoms with E-state index in [1.807, 2.05) is 35.4 Å². The molecule has 2 rings (SSSR count). The van der Waals surface area contributed by atoms with Crippen LogP contribution in [0, 0.1) is 0 Å². The third-order valence-electron chi connectivity index (χ3n) is 2.67. The van der Waals surface area contributed by atoms with Gasteiger partial charge >= 0.3 is 6.09 Å². The molecule has 1 heterocycles. The van der Waals surface area contributed by atoms with Gasteiger partial charge in [0.1, 0.15) is 6.61 Å². The lowest BCUT2D eigenvalue weighted by molar-refractivity contribution is -0.108. The van der Waals surface area contributed by atoms with E-state index in [2.05, 4.69) is 5.32 Å². The molecule has 5 heteroatoms. The van der Waals surface area contributed by atoms with Crippen LogP contribution >= 0.6 is 0 Å². The molecule has 1 saturated heterocycles. The van der Waals surface area contributed by atoms with E-state index in [0.717, 1.165) is 25.1 Å². The van der Waals surface area contributed by atoms with Crippen LogP contribution in [0.25, 0.3) is 0 Å². The summed E-state index contributed by atoms with van der Waals surface area (Å²) >= 11 is 0. The van der Waals surface area contributed by atoms with Crippen molar-refractivity contribution in [2.24, 2.45) is 0 Å². The number of hydrogen-bond acceptors (Lipinski definition) is 4. The Labute approximate surface area is 107 Å². The van der Waals surface area contributed by atoms with Crippen molar-refractivity contribution in [1.82, 2.24) is 10.4 Å². The fraction of sp³-hybridized carbons (Fsp3) is 0.462. The highest BCUT2D eigenvalue weighted by molar-refractivity contribution is 5.67. The van der Waals surface area contributed by atoms with Gasteiger partial charge in [0.15, 0.2) is 0 Å². The molecule has 5 nitrogen and oxygen atoms in total. The number of carbonyl (C=O) groups is 1. The molecule has 0 radical (unpaired) electrons. The van der Waals surface area contributed by atoms with Gasteiger partial charge in [0.2, 0.25) is 0 Å². The lowest BCUT2D eigenvalue weighted by atomic mass is 10.2. The fourth-order valence-electron chi connectivity index (χ4n) is 1.73. The van der Waals surface area contributed by atoms with Crippen molar-refractivity contribution in [3.05, 3.63) is 35.9 Å². The van der Waals surface area contributed by atoms with Crippen molar-refractivity contribution in [3.63, 3.8) is 0 Å². The Morgan fingerprint density at radius 3 is 2.94 bits per heavy atom. The highest BCUT2D eigenvalue weighted by atomic mass is 16.7. The first-order valence-corrected chi connectivity index (χ1v) is 6.17. The summed E-state index contributed by atoms with van der Waals surface area (Å²) in [6, 6.07) is 9.61. The molecule has 0 atom stereocenters. The Kier molecular flexibility index (Phi) is 4.99. The second-order valence-electron chi connectivity index (χ2n) is 4.10. The molecule has 1 N–H and O–H groups in total. The Bertz CT molecular complexity index is 364. The van der Waals surface area contributed by atoms with Gasteiger partial charge in [-0.3, -0.25) is 4.84 Å². The lowest BCUT2D eigenvalue weighted by Crippen LogP contribution is -2.33. The zero-order chi connectivity index (χ0) is 12.6. The zero-order valence-electron chi connectivity index (χ0n) is 10.3. The van der Waals surface area contributed by atoms with Gasteiger partial charge < -0.3 is 10.1 Å². The quantitative estimate of drug-likeness (QED) is 0.861. The molecule has 1 aromatic carbocycles. The first kappa shape index (κ1) is 12.9. The van der Waals surface area contributed by atoms with E-state index in [1.165, 1.54) is 0 Å². The van der Waals surface area contributed by atoms with Gasteiger partial charge in [-0.05, 0) is 12.0 Å². The Hall–Kier alpha value is -1.59. The molecule has 0 saturated carbocycles. The monoisotopic (exact) mass is 250 g/mol. The SMILES string of the molecule is O=C(NCCN1CCCO1)OCc1ccccc1. The van der Waals surface area contributed by atoms with Crippen molar-refractivity contribution in [2.75, 3.05) is 26.2 Å². The molecular weight excluding hydrogens is 232 g/mol. The van der Waals surface area contributed by atoms with Gasteiger partial charge in [-0.15, -0.1) is 0 Å². The van der Waals surface area contributed by atoms with Crippen LogP contribution in [0.2, 0.25) is 0 Å². The minimum atomic E-state index is -0.391. The molecule has 1 amide bonds. The van der Waals surface area contributed by atoms with Crippen molar-refractivity contribution < 1.29 is 14.4 Å². The van der Waals surface area contributed by atoms with Gasteiger partial charge in [-0.25, -0.2) is 4.79 Å². The molecule has 1 aromatic rings. The van der Waals surface area contributed by atoms with E-state index >= 15 is 0 Å². The number of rotatable bonds is 5. The van der Waals surface area contributed by atoms with E-state index < -0.39 is 6.09 Å². The Morgan fingerprint density at radius 2 is 2.22 bits per heavy atom. The van der Waals surface area contributed by atoms with Crippen LogP contribution < -0.4 is 5.32 Å². The number of nitrogens with zero attached hydrogens (tertiary/aromatic N) is 1. The predicted molar refractivity (Wildman–Crippen MR) is 66.8 cm³/mol. The van der Waals surface area contributed by atoms with Crippen LogP contribution in [0.15, 0.2) is 30.3 Å². The highest BCUT2D eigenvalue weighted by Gasteiger charge is 2.12. The predicted octanol–water partition coefficient (Wildman–Crippen LogP) is 1.55. The second kappa shape index (κ2) is 6.98. The Balaban J connectivity index is 1.57. The maximum atomic E-state index is 11.4. The highest BCUT2D eigenvalue weighted by Crippen LogP contribution is 2.02. The topological polar surface area (TPSA) is 50.8 Å². The van der Waals surface area contributed by atoms with E-state index in [1.54, 1.807) is 0 Å². The van der Waals surface area contributed by atoms with Crippen LogP contribution in [-0.2, 0) is 16.2 Å². The molecule has 1 aliphatic rings. The molecule has 1 fully saturated rings. The standard InChI is InChI=1S/C13H18N2O3/c16-13(14-7-9-15-8-4-10-18-15)17-11-12-5-2-1-3-6-12/h1-3,5-6H,4,7-11H2,(H,14,16). The smallest absolute Gasteiger partial charge is 0.407 e. The van der Waals surface area contributed by atoms with Gasteiger partial charge in [-0.1, -0.05) is 30.3 Å². The van der Waals surface area contributed by atoms with Crippen molar-refractivity contribution >= 4 is 6.09 Å². The van der Waals surface area contributed by atoms with Gasteiger partial charge in [0.05, 0.1) is 6.61 Å². The van der Waals surface area contributed by atoms with E-state index in [4.69, 9.17) is 9.57 Å². The number of alkyl carbamates (subject to hydrolysis) is 1. The number of nitrogens with one attached hydrogen (secondary N) is 1. The largest absolute Gasteiger partial charge is 0.445 e. The minimum Gasteiger partial charge on any atom is -0.445 e. The van der Waals surface area contributed by atoms with Crippen molar-refractivity contribution in [1.29, 1.82) is 0 Å². The van der Waals surface area contributed by atoms with Gasteiger partial charge in [0, 0.05) is 19.6 Å². The average molecular weight is 250 g/mol. The minimum absolute atomic E-state index is 0.298. The number of amides is 1. The first-order valence-electron chi connectivity index (χ1n) is 6.17. The molecule has 1 aliphatic heterocycles. The number of hydrogen-bond donors (Lipinski definition) is 1. The van der Waals surface area contributed by atoms with E-state index in [-0.39, 0.29) is 0 Å². The zero-order valence-corrected chi connectivity index (χ0v) is 10.3. The molecule has 0 aliphatic carbocycles. The number of ether oxygens (including phenoxy) is 1.